The first-order chi connectivity index (χ1) is 9.43. The number of ether oxygens (including phenoxy) is 4. The number of carbonyl (C=O) groups excluding carboxylic acids is 4. The van der Waals surface area contributed by atoms with Gasteiger partial charge in [-0.25, -0.2) is 19.2 Å². The Balaban J connectivity index is 2.30. The SMILES string of the molecule is CCOC(=O)[C@]12CC[C@](C(=O)OCC)(OC1=O)C(=O)O2. The van der Waals surface area contributed by atoms with Crippen LogP contribution < -0.4 is 0 Å². The molecule has 0 amide bonds. The molecular formula is C12H14O8. The lowest BCUT2D eigenvalue weighted by molar-refractivity contribution is -0.251. The van der Waals surface area contributed by atoms with Crippen molar-refractivity contribution < 1.29 is 38.1 Å². The predicted molar refractivity (Wildman–Crippen MR) is 60.1 cm³/mol. The van der Waals surface area contributed by atoms with Gasteiger partial charge in [0.05, 0.1) is 13.2 Å². The molecule has 3 heterocycles. The summed E-state index contributed by atoms with van der Waals surface area (Å²) in [5, 5.41) is 0. The third kappa shape index (κ3) is 1.75. The van der Waals surface area contributed by atoms with Gasteiger partial charge in [0.15, 0.2) is 0 Å². The van der Waals surface area contributed by atoms with Gasteiger partial charge in [-0.1, -0.05) is 0 Å². The quantitative estimate of drug-likeness (QED) is 0.386. The third-order valence-corrected chi connectivity index (χ3v) is 3.23. The lowest BCUT2D eigenvalue weighted by atomic mass is 9.81. The summed E-state index contributed by atoms with van der Waals surface area (Å²) in [5.74, 6) is -4.18. The first-order valence-electron chi connectivity index (χ1n) is 6.24. The summed E-state index contributed by atoms with van der Waals surface area (Å²) >= 11 is 0. The number of hydrogen-bond donors (Lipinski definition) is 0. The molecule has 3 saturated heterocycles. The highest BCUT2D eigenvalue weighted by Crippen LogP contribution is 2.43. The van der Waals surface area contributed by atoms with Gasteiger partial charge in [-0.2, -0.15) is 0 Å². The van der Waals surface area contributed by atoms with Crippen LogP contribution in [-0.4, -0.2) is 48.3 Å². The highest BCUT2D eigenvalue weighted by atomic mass is 16.7. The standard InChI is InChI=1S/C12H14O8/c1-3-17-7(13)11-5-6-12(10(16)19-11,20-9(11)15)8(14)18-4-2/h3-6H2,1-2H3/t11-,12-/m1/s1. The first kappa shape index (κ1) is 14.3. The Morgan fingerprint density at radius 1 is 0.950 bits per heavy atom. The van der Waals surface area contributed by atoms with Crippen LogP contribution in [0.5, 0.6) is 0 Å². The van der Waals surface area contributed by atoms with Crippen LogP contribution in [0.4, 0.5) is 0 Å². The van der Waals surface area contributed by atoms with Crippen molar-refractivity contribution in [1.82, 2.24) is 0 Å². The van der Waals surface area contributed by atoms with E-state index in [1.165, 1.54) is 0 Å². The van der Waals surface area contributed by atoms with Crippen LogP contribution in [0.1, 0.15) is 26.7 Å². The van der Waals surface area contributed by atoms with Crippen molar-refractivity contribution in [3.63, 3.8) is 0 Å². The Kier molecular flexibility index (Phi) is 3.41. The predicted octanol–water partition coefficient (Wildman–Crippen LogP) is -0.516. The topological polar surface area (TPSA) is 105 Å². The fraction of sp³-hybridized carbons (Fsp3) is 0.667. The van der Waals surface area contributed by atoms with Crippen molar-refractivity contribution in [1.29, 1.82) is 0 Å². The van der Waals surface area contributed by atoms with Crippen LogP contribution >= 0.6 is 0 Å². The van der Waals surface area contributed by atoms with Crippen LogP contribution in [0.15, 0.2) is 0 Å². The summed E-state index contributed by atoms with van der Waals surface area (Å²) < 4.78 is 19.2. The molecule has 3 fully saturated rings. The lowest BCUT2D eigenvalue weighted by Gasteiger charge is -2.45. The zero-order valence-electron chi connectivity index (χ0n) is 11.1. The maximum absolute atomic E-state index is 11.9. The van der Waals surface area contributed by atoms with E-state index in [1.807, 2.05) is 0 Å². The minimum absolute atomic E-state index is 0.0223. The van der Waals surface area contributed by atoms with Crippen molar-refractivity contribution in [2.24, 2.45) is 0 Å². The van der Waals surface area contributed by atoms with Crippen molar-refractivity contribution in [3.8, 4) is 0 Å². The van der Waals surface area contributed by atoms with Gasteiger partial charge in [0.2, 0.25) is 0 Å². The van der Waals surface area contributed by atoms with Crippen LogP contribution in [0.3, 0.4) is 0 Å². The number of carbonyl (C=O) groups is 4. The number of fused-ring (bicyclic) bond motifs is 3. The first-order valence-corrected chi connectivity index (χ1v) is 6.24. The second-order valence-electron chi connectivity index (χ2n) is 4.37. The van der Waals surface area contributed by atoms with Gasteiger partial charge in [-0.05, 0) is 13.8 Å². The smallest absolute Gasteiger partial charge is 0.364 e. The molecule has 3 aliphatic heterocycles. The number of rotatable bonds is 4. The molecule has 0 spiro atoms. The van der Waals surface area contributed by atoms with E-state index in [9.17, 15) is 19.2 Å². The lowest BCUT2D eigenvalue weighted by Crippen LogP contribution is -2.71. The minimum atomic E-state index is -2.10. The number of hydrogen-bond acceptors (Lipinski definition) is 8. The Hall–Kier alpha value is -2.12. The summed E-state index contributed by atoms with van der Waals surface area (Å²) in [6.45, 7) is 3.15. The molecule has 0 aliphatic carbocycles. The van der Waals surface area contributed by atoms with Gasteiger partial charge >= 0.3 is 35.1 Å². The Morgan fingerprint density at radius 2 is 1.30 bits per heavy atom. The third-order valence-electron chi connectivity index (χ3n) is 3.23. The summed E-state index contributed by atoms with van der Waals surface area (Å²) in [5.41, 5.74) is -4.19. The van der Waals surface area contributed by atoms with Crippen LogP contribution in [0.2, 0.25) is 0 Å². The fourth-order valence-electron chi connectivity index (χ4n) is 2.17. The average molecular weight is 286 g/mol. The molecule has 2 atom stereocenters. The Labute approximate surface area is 114 Å². The largest absolute Gasteiger partial charge is 0.463 e. The summed E-state index contributed by atoms with van der Waals surface area (Å²) in [7, 11) is 0. The average Bonchev–Trinajstić information content (AvgIpc) is 2.41. The molecule has 110 valence electrons. The van der Waals surface area contributed by atoms with Crippen LogP contribution in [-0.2, 0) is 38.1 Å². The Bertz CT molecular complexity index is 440. The zero-order chi connectivity index (χ0) is 15.0. The number of esters is 4. The van der Waals surface area contributed by atoms with Gasteiger partial charge in [-0.3, -0.25) is 0 Å². The van der Waals surface area contributed by atoms with Crippen LogP contribution in [0.25, 0.3) is 0 Å². The van der Waals surface area contributed by atoms with Crippen molar-refractivity contribution >= 4 is 23.9 Å². The Morgan fingerprint density at radius 3 is 1.55 bits per heavy atom. The molecule has 20 heavy (non-hydrogen) atoms. The van der Waals surface area contributed by atoms with Gasteiger partial charge in [0.25, 0.3) is 0 Å². The van der Waals surface area contributed by atoms with Crippen molar-refractivity contribution in [2.45, 2.75) is 37.9 Å². The second kappa shape index (κ2) is 4.77. The van der Waals surface area contributed by atoms with Crippen molar-refractivity contribution in [2.75, 3.05) is 13.2 Å². The molecule has 0 unspecified atom stereocenters. The fourth-order valence-corrected chi connectivity index (χ4v) is 2.17. The van der Waals surface area contributed by atoms with E-state index in [0.717, 1.165) is 0 Å². The van der Waals surface area contributed by atoms with Gasteiger partial charge < -0.3 is 18.9 Å². The normalized spacial score (nSPS) is 31.3. The molecule has 2 bridgehead atoms. The van der Waals surface area contributed by atoms with E-state index in [4.69, 9.17) is 18.9 Å². The van der Waals surface area contributed by atoms with Crippen molar-refractivity contribution in [3.05, 3.63) is 0 Å². The summed E-state index contributed by atoms with van der Waals surface area (Å²) in [6, 6.07) is 0. The van der Waals surface area contributed by atoms with Gasteiger partial charge in [0, 0.05) is 12.8 Å². The molecule has 0 aromatic rings. The highest BCUT2D eigenvalue weighted by molar-refractivity contribution is 6.16. The van der Waals surface area contributed by atoms with E-state index in [1.54, 1.807) is 13.8 Å². The monoisotopic (exact) mass is 286 g/mol. The van der Waals surface area contributed by atoms with Crippen LogP contribution in [0, 0.1) is 0 Å². The molecule has 0 N–H and O–H groups in total. The molecule has 3 rings (SSSR count). The van der Waals surface area contributed by atoms with E-state index >= 15 is 0 Å². The maximum atomic E-state index is 11.9. The molecule has 3 aliphatic rings. The second-order valence-corrected chi connectivity index (χ2v) is 4.37. The summed E-state index contributed by atoms with van der Waals surface area (Å²) in [4.78, 5) is 47.5. The molecule has 0 aromatic carbocycles. The van der Waals surface area contributed by atoms with Gasteiger partial charge in [-0.15, -0.1) is 0 Å². The molecule has 0 saturated carbocycles. The van der Waals surface area contributed by atoms with E-state index in [2.05, 4.69) is 0 Å². The molecule has 0 aromatic heterocycles. The van der Waals surface area contributed by atoms with E-state index < -0.39 is 35.1 Å². The van der Waals surface area contributed by atoms with Gasteiger partial charge in [0.1, 0.15) is 0 Å². The maximum Gasteiger partial charge on any atom is 0.364 e. The summed E-state index contributed by atoms with van der Waals surface area (Å²) in [6.07, 6.45) is -0.343. The molecule has 8 nitrogen and oxygen atoms in total. The highest BCUT2D eigenvalue weighted by Gasteiger charge is 2.71. The van der Waals surface area contributed by atoms with E-state index in [0.29, 0.717) is 0 Å². The molecular weight excluding hydrogens is 272 g/mol. The van der Waals surface area contributed by atoms with E-state index in [-0.39, 0.29) is 26.1 Å². The minimum Gasteiger partial charge on any atom is -0.463 e. The zero-order valence-corrected chi connectivity index (χ0v) is 11.1. The molecule has 8 heteroatoms. The molecule has 0 radical (unpaired) electrons.